The summed E-state index contributed by atoms with van der Waals surface area (Å²) in [6.45, 7) is 5.70. The second-order valence-electron chi connectivity index (χ2n) is 7.09. The molecule has 0 spiro atoms. The number of carbonyl (C=O) groups is 2. The van der Waals surface area contributed by atoms with Gasteiger partial charge in [0.25, 0.3) is 11.8 Å². The van der Waals surface area contributed by atoms with E-state index in [1.54, 1.807) is 18.2 Å². The van der Waals surface area contributed by atoms with Crippen molar-refractivity contribution < 1.29 is 18.4 Å². The average Bonchev–Trinajstić information content (AvgIpc) is 3.39. The number of nitrogens with zero attached hydrogens (tertiary/aromatic N) is 3. The summed E-state index contributed by atoms with van der Waals surface area (Å²) in [5, 5.41) is 8.23. The standard InChI is InChI=1S/C20H21FN4O3S/c1-4-20(2,3)22-18(26)17(16-9-6-10-28-16)25(14-8-5-7-13(21)11-14)19(27)15-12-29-24-23-15/h5-12,17H,4H2,1-3H3,(H,22,26)/t17-/m1/s1. The van der Waals surface area contributed by atoms with Crippen molar-refractivity contribution in [1.29, 1.82) is 0 Å². The molecule has 0 aliphatic rings. The van der Waals surface area contributed by atoms with Crippen LogP contribution in [0.2, 0.25) is 0 Å². The van der Waals surface area contributed by atoms with Gasteiger partial charge < -0.3 is 9.73 Å². The fraction of sp³-hybridized carbons (Fsp3) is 0.300. The van der Waals surface area contributed by atoms with Crippen LogP contribution in [0, 0.1) is 5.82 Å². The Kier molecular flexibility index (Phi) is 6.07. The van der Waals surface area contributed by atoms with E-state index in [1.165, 1.54) is 34.7 Å². The van der Waals surface area contributed by atoms with Crippen LogP contribution in [-0.4, -0.2) is 26.9 Å². The molecule has 0 aliphatic carbocycles. The summed E-state index contributed by atoms with van der Waals surface area (Å²) < 4.78 is 23.2. The van der Waals surface area contributed by atoms with Crippen molar-refractivity contribution in [3.8, 4) is 0 Å². The van der Waals surface area contributed by atoms with E-state index in [0.29, 0.717) is 6.42 Å². The highest BCUT2D eigenvalue weighted by Crippen LogP contribution is 2.31. The normalized spacial score (nSPS) is 12.4. The van der Waals surface area contributed by atoms with Crippen molar-refractivity contribution in [2.75, 3.05) is 4.90 Å². The molecule has 3 rings (SSSR count). The zero-order chi connectivity index (χ0) is 21.0. The van der Waals surface area contributed by atoms with E-state index in [2.05, 4.69) is 14.9 Å². The predicted molar refractivity (Wildman–Crippen MR) is 107 cm³/mol. The van der Waals surface area contributed by atoms with Gasteiger partial charge in [0.15, 0.2) is 11.7 Å². The van der Waals surface area contributed by atoms with E-state index in [9.17, 15) is 14.0 Å². The fourth-order valence-electron chi connectivity index (χ4n) is 2.70. The highest BCUT2D eigenvalue weighted by atomic mass is 32.1. The van der Waals surface area contributed by atoms with Crippen LogP contribution in [0.3, 0.4) is 0 Å². The van der Waals surface area contributed by atoms with Crippen LogP contribution >= 0.6 is 11.5 Å². The van der Waals surface area contributed by atoms with Crippen molar-refractivity contribution >= 4 is 29.0 Å². The first-order valence-corrected chi connectivity index (χ1v) is 9.87. The van der Waals surface area contributed by atoms with E-state index in [4.69, 9.17) is 4.42 Å². The molecule has 0 unspecified atom stereocenters. The molecule has 2 amide bonds. The minimum Gasteiger partial charge on any atom is -0.467 e. The maximum Gasteiger partial charge on any atom is 0.280 e. The Morgan fingerprint density at radius 2 is 2.10 bits per heavy atom. The van der Waals surface area contributed by atoms with Gasteiger partial charge in [0.1, 0.15) is 11.6 Å². The number of hydrogen-bond donors (Lipinski definition) is 1. The number of amides is 2. The fourth-order valence-corrected chi connectivity index (χ4v) is 3.13. The molecule has 0 radical (unpaired) electrons. The Balaban J connectivity index is 2.12. The van der Waals surface area contributed by atoms with Crippen LogP contribution in [0.5, 0.6) is 0 Å². The Hall–Kier alpha value is -3.07. The maximum absolute atomic E-state index is 14.0. The van der Waals surface area contributed by atoms with Gasteiger partial charge in [-0.15, -0.1) is 5.10 Å². The lowest BCUT2D eigenvalue weighted by molar-refractivity contribution is -0.124. The summed E-state index contributed by atoms with van der Waals surface area (Å²) in [7, 11) is 0. The minimum atomic E-state index is -1.16. The van der Waals surface area contributed by atoms with Crippen LogP contribution in [0.25, 0.3) is 0 Å². The van der Waals surface area contributed by atoms with Gasteiger partial charge in [0, 0.05) is 16.6 Å². The van der Waals surface area contributed by atoms with Gasteiger partial charge in [-0.3, -0.25) is 14.5 Å². The summed E-state index contributed by atoms with van der Waals surface area (Å²) in [6, 6.07) is 7.53. The molecular weight excluding hydrogens is 395 g/mol. The van der Waals surface area contributed by atoms with Crippen LogP contribution in [0.15, 0.2) is 52.5 Å². The lowest BCUT2D eigenvalue weighted by Crippen LogP contribution is -2.50. The number of rotatable bonds is 7. The van der Waals surface area contributed by atoms with E-state index in [-0.39, 0.29) is 17.1 Å². The van der Waals surface area contributed by atoms with Gasteiger partial charge in [-0.2, -0.15) is 0 Å². The topological polar surface area (TPSA) is 88.3 Å². The van der Waals surface area contributed by atoms with Crippen LogP contribution in [0.4, 0.5) is 10.1 Å². The number of nitrogens with one attached hydrogen (secondary N) is 1. The van der Waals surface area contributed by atoms with Crippen LogP contribution in [-0.2, 0) is 4.79 Å². The smallest absolute Gasteiger partial charge is 0.280 e. The van der Waals surface area contributed by atoms with E-state index in [0.717, 1.165) is 11.5 Å². The number of anilines is 1. The summed E-state index contributed by atoms with van der Waals surface area (Å²) in [4.78, 5) is 27.8. The quantitative estimate of drug-likeness (QED) is 0.630. The van der Waals surface area contributed by atoms with Gasteiger partial charge in [-0.05, 0) is 62.1 Å². The Labute approximate surface area is 171 Å². The monoisotopic (exact) mass is 416 g/mol. The Morgan fingerprint density at radius 1 is 1.31 bits per heavy atom. The van der Waals surface area contributed by atoms with Crippen molar-refractivity contribution in [3.05, 3.63) is 65.3 Å². The van der Waals surface area contributed by atoms with Gasteiger partial charge in [0.2, 0.25) is 0 Å². The molecule has 1 atom stereocenters. The third-order valence-corrected chi connectivity index (χ3v) is 5.05. The molecule has 29 heavy (non-hydrogen) atoms. The molecule has 152 valence electrons. The summed E-state index contributed by atoms with van der Waals surface area (Å²) in [6.07, 6.45) is 2.09. The molecule has 0 fully saturated rings. The first kappa shape index (κ1) is 20.7. The second kappa shape index (κ2) is 8.52. The molecule has 0 aliphatic heterocycles. The largest absolute Gasteiger partial charge is 0.467 e. The molecule has 1 aromatic carbocycles. The van der Waals surface area contributed by atoms with Crippen LogP contribution < -0.4 is 10.2 Å². The first-order valence-electron chi connectivity index (χ1n) is 9.04. The lowest BCUT2D eigenvalue weighted by Gasteiger charge is -2.33. The van der Waals surface area contributed by atoms with Crippen LogP contribution in [0.1, 0.15) is 49.5 Å². The molecule has 9 heteroatoms. The third kappa shape index (κ3) is 4.68. The molecule has 0 bridgehead atoms. The summed E-state index contributed by atoms with van der Waals surface area (Å²) in [5.41, 5.74) is -0.256. The number of furan rings is 1. The highest BCUT2D eigenvalue weighted by molar-refractivity contribution is 7.03. The van der Waals surface area contributed by atoms with E-state index in [1.807, 2.05) is 20.8 Å². The molecule has 1 N–H and O–H groups in total. The molecule has 0 saturated carbocycles. The zero-order valence-electron chi connectivity index (χ0n) is 16.3. The van der Waals surface area contributed by atoms with Crippen molar-refractivity contribution in [1.82, 2.24) is 14.9 Å². The van der Waals surface area contributed by atoms with Gasteiger partial charge in [0.05, 0.1) is 6.26 Å². The molecule has 3 aromatic rings. The third-order valence-electron chi connectivity index (χ3n) is 4.55. The molecule has 2 heterocycles. The van der Waals surface area contributed by atoms with E-state index < -0.39 is 29.2 Å². The first-order chi connectivity index (χ1) is 13.8. The molecule has 0 saturated heterocycles. The number of carbonyl (C=O) groups excluding carboxylic acids is 2. The zero-order valence-corrected chi connectivity index (χ0v) is 17.1. The van der Waals surface area contributed by atoms with Crippen molar-refractivity contribution in [2.24, 2.45) is 0 Å². The Bertz CT molecular complexity index is 974. The second-order valence-corrected chi connectivity index (χ2v) is 7.70. The number of aromatic nitrogens is 2. The summed E-state index contributed by atoms with van der Waals surface area (Å²) in [5.74, 6) is -1.33. The average molecular weight is 416 g/mol. The SMILES string of the molecule is CCC(C)(C)NC(=O)[C@@H](c1ccco1)N(C(=O)c1csnn1)c1cccc(F)c1. The lowest BCUT2D eigenvalue weighted by atomic mass is 10.0. The van der Waals surface area contributed by atoms with Crippen molar-refractivity contribution in [2.45, 2.75) is 38.8 Å². The van der Waals surface area contributed by atoms with Gasteiger partial charge in [-0.1, -0.05) is 17.5 Å². The van der Waals surface area contributed by atoms with Gasteiger partial charge in [-0.25, -0.2) is 4.39 Å². The highest BCUT2D eigenvalue weighted by Gasteiger charge is 2.38. The minimum absolute atomic E-state index is 0.0540. The van der Waals surface area contributed by atoms with Crippen molar-refractivity contribution in [3.63, 3.8) is 0 Å². The number of halogens is 1. The predicted octanol–water partition coefficient (Wildman–Crippen LogP) is 3.96. The summed E-state index contributed by atoms with van der Waals surface area (Å²) >= 11 is 1.01. The van der Waals surface area contributed by atoms with E-state index >= 15 is 0 Å². The van der Waals surface area contributed by atoms with Gasteiger partial charge >= 0.3 is 0 Å². The number of benzene rings is 1. The molecule has 7 nitrogen and oxygen atoms in total. The molecule has 2 aromatic heterocycles. The maximum atomic E-state index is 14.0. The molecular formula is C20H21FN4O3S. The Morgan fingerprint density at radius 3 is 2.69 bits per heavy atom. The number of hydrogen-bond acceptors (Lipinski definition) is 6.